The summed E-state index contributed by atoms with van der Waals surface area (Å²) in [6.07, 6.45) is 2.75. The normalized spacial score (nSPS) is 14.7. The molecule has 134 valence electrons. The van der Waals surface area contributed by atoms with E-state index in [0.717, 1.165) is 37.6 Å². The Hall–Kier alpha value is -3.36. The molecule has 1 aliphatic rings. The zero-order valence-electron chi connectivity index (χ0n) is 14.3. The lowest BCUT2D eigenvalue weighted by molar-refractivity contribution is -0.383. The lowest BCUT2D eigenvalue weighted by Gasteiger charge is -2.37. The number of nitro groups is 1. The van der Waals surface area contributed by atoms with Gasteiger partial charge in [0.2, 0.25) is 0 Å². The van der Waals surface area contributed by atoms with E-state index < -0.39 is 4.92 Å². The molecule has 1 aromatic carbocycles. The number of fused-ring (bicyclic) bond motifs is 1. The molecule has 9 heteroatoms. The van der Waals surface area contributed by atoms with Gasteiger partial charge in [0, 0.05) is 26.2 Å². The second-order valence-corrected chi connectivity index (χ2v) is 6.00. The van der Waals surface area contributed by atoms with Crippen molar-refractivity contribution in [2.75, 3.05) is 43.1 Å². The van der Waals surface area contributed by atoms with Crippen molar-refractivity contribution < 1.29 is 9.66 Å². The van der Waals surface area contributed by atoms with Crippen LogP contribution < -0.4 is 14.5 Å². The number of aromatic nitrogens is 3. The molecule has 3 aromatic rings. The van der Waals surface area contributed by atoms with Crippen LogP contribution in [0.1, 0.15) is 0 Å². The molecule has 0 amide bonds. The van der Waals surface area contributed by atoms with Crippen molar-refractivity contribution in [3.05, 3.63) is 46.9 Å². The van der Waals surface area contributed by atoms with Crippen molar-refractivity contribution in [1.82, 2.24) is 15.0 Å². The first-order chi connectivity index (χ1) is 12.7. The third kappa shape index (κ3) is 2.67. The average Bonchev–Trinajstić information content (AvgIpc) is 3.17. The van der Waals surface area contributed by atoms with Gasteiger partial charge in [0.15, 0.2) is 11.3 Å². The van der Waals surface area contributed by atoms with E-state index in [1.165, 1.54) is 12.5 Å². The first-order valence-electron chi connectivity index (χ1n) is 8.28. The van der Waals surface area contributed by atoms with E-state index in [2.05, 4.69) is 24.8 Å². The number of pyridine rings is 1. The molecule has 0 atom stereocenters. The van der Waals surface area contributed by atoms with Crippen molar-refractivity contribution in [3.63, 3.8) is 0 Å². The van der Waals surface area contributed by atoms with Crippen LogP contribution in [0.25, 0.3) is 11.0 Å². The zero-order valence-corrected chi connectivity index (χ0v) is 14.3. The molecule has 0 aliphatic carbocycles. The molecule has 3 heterocycles. The molecule has 0 spiro atoms. The summed E-state index contributed by atoms with van der Waals surface area (Å²) in [5, 5.41) is 11.1. The molecule has 0 bridgehead atoms. The van der Waals surface area contributed by atoms with Gasteiger partial charge in [-0.1, -0.05) is 12.1 Å². The maximum absolute atomic E-state index is 11.1. The highest BCUT2D eigenvalue weighted by Crippen LogP contribution is 2.31. The lowest BCUT2D eigenvalue weighted by atomic mass is 10.2. The van der Waals surface area contributed by atoms with E-state index in [9.17, 15) is 10.1 Å². The first-order valence-corrected chi connectivity index (χ1v) is 8.28. The molecule has 26 heavy (non-hydrogen) atoms. The van der Waals surface area contributed by atoms with Crippen LogP contribution in [0.5, 0.6) is 5.75 Å². The maximum atomic E-state index is 11.1. The van der Waals surface area contributed by atoms with Crippen LogP contribution in [0.3, 0.4) is 0 Å². The number of hydrogen-bond donors (Lipinski definition) is 1. The fourth-order valence-corrected chi connectivity index (χ4v) is 3.33. The van der Waals surface area contributed by atoms with E-state index in [0.29, 0.717) is 16.9 Å². The van der Waals surface area contributed by atoms with Gasteiger partial charge in [0.1, 0.15) is 17.5 Å². The fraction of sp³-hybridized carbons (Fsp3) is 0.294. The predicted octanol–water partition coefficient (Wildman–Crippen LogP) is 2.20. The third-order valence-corrected chi connectivity index (χ3v) is 4.62. The van der Waals surface area contributed by atoms with E-state index in [4.69, 9.17) is 4.74 Å². The van der Waals surface area contributed by atoms with Crippen molar-refractivity contribution in [3.8, 4) is 5.75 Å². The lowest BCUT2D eigenvalue weighted by Crippen LogP contribution is -2.47. The fourth-order valence-electron chi connectivity index (χ4n) is 3.33. The Kier molecular flexibility index (Phi) is 4.04. The van der Waals surface area contributed by atoms with E-state index in [1.54, 1.807) is 7.11 Å². The molecule has 0 unspecified atom stereocenters. The molecule has 1 aliphatic heterocycles. The van der Waals surface area contributed by atoms with Gasteiger partial charge in [0.25, 0.3) is 0 Å². The van der Waals surface area contributed by atoms with Gasteiger partial charge in [0.05, 0.1) is 24.0 Å². The predicted molar refractivity (Wildman–Crippen MR) is 98.0 cm³/mol. The van der Waals surface area contributed by atoms with E-state index in [-0.39, 0.29) is 5.69 Å². The molecular formula is C17H18N6O3. The number of hydrogen-bond acceptors (Lipinski definition) is 7. The quantitative estimate of drug-likeness (QED) is 0.566. The SMILES string of the molecule is COc1ccccc1N1CCN(c2ncc([N+](=O)[O-])c3nc[nH]c23)CC1. The van der Waals surface area contributed by atoms with Crippen molar-refractivity contribution in [2.24, 2.45) is 0 Å². The van der Waals surface area contributed by atoms with Crippen LogP contribution in [0, 0.1) is 10.1 Å². The van der Waals surface area contributed by atoms with Crippen LogP contribution in [-0.2, 0) is 0 Å². The van der Waals surface area contributed by atoms with Gasteiger partial charge < -0.3 is 19.5 Å². The van der Waals surface area contributed by atoms with Crippen LogP contribution in [0.2, 0.25) is 0 Å². The number of piperazine rings is 1. The highest BCUT2D eigenvalue weighted by atomic mass is 16.6. The number of methoxy groups -OCH3 is 1. The Labute approximate surface area is 149 Å². The summed E-state index contributed by atoms with van der Waals surface area (Å²) in [5.41, 5.74) is 1.92. The highest BCUT2D eigenvalue weighted by molar-refractivity contribution is 5.92. The minimum absolute atomic E-state index is 0.0855. The molecule has 9 nitrogen and oxygen atoms in total. The Morgan fingerprint density at radius 3 is 2.62 bits per heavy atom. The van der Waals surface area contributed by atoms with Crippen molar-refractivity contribution >= 4 is 28.2 Å². The summed E-state index contributed by atoms with van der Waals surface area (Å²) in [4.78, 5) is 26.5. The molecule has 1 saturated heterocycles. The minimum atomic E-state index is -0.459. The number of para-hydroxylation sites is 2. The molecule has 1 N–H and O–H groups in total. The van der Waals surface area contributed by atoms with Crippen LogP contribution in [0.4, 0.5) is 17.2 Å². The standard InChI is InChI=1S/C17H18N6O3/c1-26-14-5-3-2-4-12(14)21-6-8-22(9-7-21)17-16-15(19-11-20-16)13(10-18-17)23(24)25/h2-5,10-11H,6-9H2,1H3,(H,19,20). The van der Waals surface area contributed by atoms with Crippen molar-refractivity contribution in [1.29, 1.82) is 0 Å². The summed E-state index contributed by atoms with van der Waals surface area (Å²) in [6.45, 7) is 3.09. The van der Waals surface area contributed by atoms with Gasteiger partial charge in [-0.2, -0.15) is 0 Å². The number of imidazole rings is 1. The summed E-state index contributed by atoms with van der Waals surface area (Å²) in [7, 11) is 1.67. The summed E-state index contributed by atoms with van der Waals surface area (Å²) < 4.78 is 5.45. The molecule has 1 fully saturated rings. The van der Waals surface area contributed by atoms with Gasteiger partial charge in [-0.15, -0.1) is 0 Å². The Morgan fingerprint density at radius 1 is 1.15 bits per heavy atom. The Bertz CT molecular complexity index is 949. The van der Waals surface area contributed by atoms with E-state index >= 15 is 0 Å². The molecular weight excluding hydrogens is 336 g/mol. The number of nitrogens with zero attached hydrogens (tertiary/aromatic N) is 5. The Balaban J connectivity index is 1.57. The van der Waals surface area contributed by atoms with Crippen LogP contribution in [-0.4, -0.2) is 53.2 Å². The second-order valence-electron chi connectivity index (χ2n) is 6.00. The van der Waals surface area contributed by atoms with Gasteiger partial charge >= 0.3 is 5.69 Å². The average molecular weight is 354 g/mol. The number of H-pyrrole nitrogens is 1. The summed E-state index contributed by atoms with van der Waals surface area (Å²) in [6, 6.07) is 7.95. The monoisotopic (exact) mass is 354 g/mol. The van der Waals surface area contributed by atoms with Gasteiger partial charge in [-0.25, -0.2) is 9.97 Å². The van der Waals surface area contributed by atoms with Crippen LogP contribution >= 0.6 is 0 Å². The number of benzene rings is 1. The van der Waals surface area contributed by atoms with Crippen molar-refractivity contribution in [2.45, 2.75) is 0 Å². The third-order valence-electron chi connectivity index (χ3n) is 4.62. The van der Waals surface area contributed by atoms with Crippen LogP contribution in [0.15, 0.2) is 36.8 Å². The largest absolute Gasteiger partial charge is 0.495 e. The van der Waals surface area contributed by atoms with Gasteiger partial charge in [-0.05, 0) is 12.1 Å². The number of aromatic amines is 1. The zero-order chi connectivity index (χ0) is 18.1. The van der Waals surface area contributed by atoms with Gasteiger partial charge in [-0.3, -0.25) is 10.1 Å². The van der Waals surface area contributed by atoms with E-state index in [1.807, 2.05) is 24.3 Å². The molecule has 2 aromatic heterocycles. The first kappa shape index (κ1) is 16.1. The maximum Gasteiger partial charge on any atom is 0.315 e. The summed E-state index contributed by atoms with van der Waals surface area (Å²) >= 11 is 0. The number of anilines is 2. The second kappa shape index (κ2) is 6.51. The Morgan fingerprint density at radius 2 is 1.88 bits per heavy atom. The smallest absolute Gasteiger partial charge is 0.315 e. The highest BCUT2D eigenvalue weighted by Gasteiger charge is 2.25. The topological polar surface area (TPSA) is 100 Å². The molecule has 4 rings (SSSR count). The molecule has 0 saturated carbocycles. The number of ether oxygens (including phenoxy) is 1. The molecule has 0 radical (unpaired) electrons. The number of rotatable bonds is 4. The number of nitrogens with one attached hydrogen (secondary N) is 1. The minimum Gasteiger partial charge on any atom is -0.495 e. The summed E-state index contributed by atoms with van der Waals surface area (Å²) in [5.74, 6) is 1.55.